The third kappa shape index (κ3) is 5.86. The van der Waals surface area contributed by atoms with Gasteiger partial charge in [-0.25, -0.2) is 5.43 Å². The van der Waals surface area contributed by atoms with Crippen molar-refractivity contribution in [1.29, 1.82) is 0 Å². The van der Waals surface area contributed by atoms with Crippen LogP contribution in [0, 0.1) is 0 Å². The number of anilines is 1. The Hall–Kier alpha value is -4.39. The van der Waals surface area contributed by atoms with Crippen molar-refractivity contribution in [1.82, 2.24) is 15.6 Å². The third-order valence-electron chi connectivity index (χ3n) is 5.01. The minimum atomic E-state index is -0.363. The lowest BCUT2D eigenvalue weighted by molar-refractivity contribution is 0.0950. The summed E-state index contributed by atoms with van der Waals surface area (Å²) < 4.78 is 5.81. The second kappa shape index (κ2) is 10.3. The first kappa shape index (κ1) is 21.8. The van der Waals surface area contributed by atoms with Gasteiger partial charge in [0.25, 0.3) is 5.91 Å². The highest BCUT2D eigenvalue weighted by atomic mass is 16.5. The van der Waals surface area contributed by atoms with Gasteiger partial charge in [0.2, 0.25) is 0 Å². The molecule has 0 spiro atoms. The molecule has 4 rings (SSSR count). The molecule has 166 valence electrons. The van der Waals surface area contributed by atoms with Crippen LogP contribution in [0.2, 0.25) is 0 Å². The number of aromatic amines is 1. The number of nitrogens with zero attached hydrogens (tertiary/aromatic N) is 3. The molecule has 7 heteroatoms. The van der Waals surface area contributed by atoms with Gasteiger partial charge in [0.05, 0.1) is 11.9 Å². The molecule has 0 atom stereocenters. The quantitative estimate of drug-likeness (QED) is 0.313. The van der Waals surface area contributed by atoms with Crippen molar-refractivity contribution in [2.24, 2.45) is 5.10 Å². The molecule has 0 radical (unpaired) electrons. The Labute approximate surface area is 192 Å². The molecule has 0 fully saturated rings. The summed E-state index contributed by atoms with van der Waals surface area (Å²) in [4.78, 5) is 14.4. The second-order valence-electron chi connectivity index (χ2n) is 7.65. The number of carbonyl (C=O) groups excluding carboxylic acids is 1. The Balaban J connectivity index is 1.32. The highest BCUT2D eigenvalue weighted by Crippen LogP contribution is 2.22. The molecule has 3 aromatic carbocycles. The van der Waals surface area contributed by atoms with E-state index in [1.807, 2.05) is 97.9 Å². The van der Waals surface area contributed by atoms with E-state index in [0.29, 0.717) is 18.0 Å². The van der Waals surface area contributed by atoms with Crippen LogP contribution in [0.4, 0.5) is 5.69 Å². The average Bonchev–Trinajstić information content (AvgIpc) is 3.34. The van der Waals surface area contributed by atoms with Gasteiger partial charge in [-0.15, -0.1) is 0 Å². The fourth-order valence-electron chi connectivity index (χ4n) is 3.13. The number of aromatic nitrogens is 2. The maximum Gasteiger partial charge on any atom is 0.289 e. The van der Waals surface area contributed by atoms with Crippen LogP contribution in [0.5, 0.6) is 5.75 Å². The van der Waals surface area contributed by atoms with Crippen LogP contribution in [0.15, 0.2) is 90.0 Å². The van der Waals surface area contributed by atoms with E-state index >= 15 is 0 Å². The van der Waals surface area contributed by atoms with E-state index in [1.165, 1.54) is 0 Å². The fourth-order valence-corrected chi connectivity index (χ4v) is 3.13. The summed E-state index contributed by atoms with van der Waals surface area (Å²) in [6, 6.07) is 27.1. The molecule has 2 N–H and O–H groups in total. The number of hydrazone groups is 1. The van der Waals surface area contributed by atoms with E-state index < -0.39 is 0 Å². The van der Waals surface area contributed by atoms with Gasteiger partial charge in [-0.3, -0.25) is 9.89 Å². The lowest BCUT2D eigenvalue weighted by Crippen LogP contribution is -2.18. The van der Waals surface area contributed by atoms with Gasteiger partial charge in [0, 0.05) is 25.3 Å². The lowest BCUT2D eigenvalue weighted by atomic mass is 10.1. The number of carbonyl (C=O) groups is 1. The number of rotatable bonds is 8. The minimum Gasteiger partial charge on any atom is -0.489 e. The predicted octanol–water partition coefficient (Wildman–Crippen LogP) is 4.49. The van der Waals surface area contributed by atoms with Crippen LogP contribution in [0.1, 0.15) is 21.6 Å². The molecule has 4 aromatic rings. The number of benzene rings is 3. The Morgan fingerprint density at radius 1 is 1.03 bits per heavy atom. The number of amides is 1. The molecular weight excluding hydrogens is 414 g/mol. The Bertz CT molecular complexity index is 1210. The summed E-state index contributed by atoms with van der Waals surface area (Å²) in [5, 5.41) is 11.0. The van der Waals surface area contributed by atoms with Crippen molar-refractivity contribution < 1.29 is 9.53 Å². The summed E-state index contributed by atoms with van der Waals surface area (Å²) >= 11 is 0. The maximum atomic E-state index is 12.4. The van der Waals surface area contributed by atoms with Gasteiger partial charge in [-0.1, -0.05) is 42.5 Å². The van der Waals surface area contributed by atoms with E-state index in [9.17, 15) is 4.79 Å². The number of ether oxygens (including phenoxy) is 1. The van der Waals surface area contributed by atoms with Crippen molar-refractivity contribution in [3.63, 3.8) is 0 Å². The molecule has 0 aliphatic heterocycles. The van der Waals surface area contributed by atoms with Crippen LogP contribution >= 0.6 is 0 Å². The highest BCUT2D eigenvalue weighted by molar-refractivity contribution is 5.94. The van der Waals surface area contributed by atoms with Crippen LogP contribution < -0.4 is 15.1 Å². The van der Waals surface area contributed by atoms with Crippen molar-refractivity contribution in [3.05, 3.63) is 102 Å². The third-order valence-corrected chi connectivity index (χ3v) is 5.01. The summed E-state index contributed by atoms with van der Waals surface area (Å²) in [5.74, 6) is 0.404. The first-order valence-corrected chi connectivity index (χ1v) is 10.5. The molecule has 0 saturated heterocycles. The molecule has 1 aromatic heterocycles. The summed E-state index contributed by atoms with van der Waals surface area (Å²) in [7, 11) is 3.96. The maximum absolute atomic E-state index is 12.4. The molecule has 0 unspecified atom stereocenters. The Morgan fingerprint density at radius 3 is 2.45 bits per heavy atom. The fraction of sp³-hybridized carbons (Fsp3) is 0.115. The van der Waals surface area contributed by atoms with Gasteiger partial charge in [0.1, 0.15) is 18.1 Å². The number of hydrogen-bond donors (Lipinski definition) is 2. The van der Waals surface area contributed by atoms with Crippen LogP contribution in [0.3, 0.4) is 0 Å². The molecule has 33 heavy (non-hydrogen) atoms. The number of H-pyrrole nitrogens is 1. The normalized spacial score (nSPS) is 10.8. The zero-order chi connectivity index (χ0) is 23.0. The summed E-state index contributed by atoms with van der Waals surface area (Å²) in [5.41, 5.74) is 7.48. The molecule has 0 aliphatic carbocycles. The molecule has 1 heterocycles. The zero-order valence-corrected chi connectivity index (χ0v) is 18.5. The van der Waals surface area contributed by atoms with E-state index in [0.717, 1.165) is 28.1 Å². The van der Waals surface area contributed by atoms with E-state index in [4.69, 9.17) is 4.74 Å². The first-order chi connectivity index (χ1) is 16.1. The lowest BCUT2D eigenvalue weighted by Gasteiger charge is -2.11. The summed E-state index contributed by atoms with van der Waals surface area (Å²) in [6.45, 7) is 0.507. The average molecular weight is 440 g/mol. The second-order valence-corrected chi connectivity index (χ2v) is 7.65. The van der Waals surface area contributed by atoms with E-state index in [-0.39, 0.29) is 5.91 Å². The van der Waals surface area contributed by atoms with Gasteiger partial charge in [-0.2, -0.15) is 10.2 Å². The van der Waals surface area contributed by atoms with Gasteiger partial charge >= 0.3 is 0 Å². The van der Waals surface area contributed by atoms with Crippen molar-refractivity contribution in [2.45, 2.75) is 6.61 Å². The van der Waals surface area contributed by atoms with Gasteiger partial charge in [0.15, 0.2) is 0 Å². The number of nitrogens with one attached hydrogen (secondary N) is 2. The van der Waals surface area contributed by atoms with Crippen LogP contribution in [0.25, 0.3) is 11.3 Å². The van der Waals surface area contributed by atoms with Gasteiger partial charge in [-0.05, 0) is 53.6 Å². The van der Waals surface area contributed by atoms with Crippen molar-refractivity contribution in [2.75, 3.05) is 19.0 Å². The molecule has 0 aliphatic rings. The standard InChI is InChI=1S/C26H25N5O2/c1-31(2)22-12-8-19(9-13-22)17-27-30-26(32)25-16-24(28-29-25)21-10-14-23(15-11-21)33-18-20-6-4-3-5-7-20/h3-17H,18H2,1-2H3,(H,28,29)(H,30,32)/b27-17-. The number of hydrogen-bond acceptors (Lipinski definition) is 5. The van der Waals surface area contributed by atoms with Crippen LogP contribution in [-0.4, -0.2) is 36.4 Å². The molecule has 0 saturated carbocycles. The Morgan fingerprint density at radius 2 is 1.76 bits per heavy atom. The smallest absolute Gasteiger partial charge is 0.289 e. The Kier molecular flexibility index (Phi) is 6.80. The topological polar surface area (TPSA) is 82.6 Å². The molecule has 1 amide bonds. The largest absolute Gasteiger partial charge is 0.489 e. The van der Waals surface area contributed by atoms with Crippen molar-refractivity contribution in [3.8, 4) is 17.0 Å². The van der Waals surface area contributed by atoms with E-state index in [1.54, 1.807) is 12.3 Å². The first-order valence-electron chi connectivity index (χ1n) is 10.5. The SMILES string of the molecule is CN(C)c1ccc(/C=N\NC(=O)c2cc(-c3ccc(OCc4ccccc4)cc3)n[nH]2)cc1. The zero-order valence-electron chi connectivity index (χ0n) is 18.5. The molecule has 7 nitrogen and oxygen atoms in total. The highest BCUT2D eigenvalue weighted by Gasteiger charge is 2.10. The minimum absolute atomic E-state index is 0.328. The monoisotopic (exact) mass is 439 g/mol. The van der Waals surface area contributed by atoms with Crippen molar-refractivity contribution >= 4 is 17.8 Å². The van der Waals surface area contributed by atoms with E-state index in [2.05, 4.69) is 20.7 Å². The predicted molar refractivity (Wildman–Crippen MR) is 131 cm³/mol. The van der Waals surface area contributed by atoms with Gasteiger partial charge < -0.3 is 9.64 Å². The molecular formula is C26H25N5O2. The molecule has 0 bridgehead atoms. The summed E-state index contributed by atoms with van der Waals surface area (Å²) in [6.07, 6.45) is 1.60. The van der Waals surface area contributed by atoms with Crippen LogP contribution in [-0.2, 0) is 6.61 Å².